The van der Waals surface area contributed by atoms with Crippen molar-refractivity contribution in [1.82, 2.24) is 5.32 Å². The van der Waals surface area contributed by atoms with Gasteiger partial charge in [0.25, 0.3) is 5.69 Å². The van der Waals surface area contributed by atoms with Crippen molar-refractivity contribution in [2.45, 2.75) is 12.1 Å². The molecule has 1 aliphatic rings. The van der Waals surface area contributed by atoms with Crippen LogP contribution in [0.1, 0.15) is 11.7 Å². The normalized spacial score (nSPS) is 20.5. The maximum Gasteiger partial charge on any atom is 0.407 e. The first-order valence-corrected chi connectivity index (χ1v) is 4.93. The van der Waals surface area contributed by atoms with E-state index in [-0.39, 0.29) is 12.3 Å². The molecule has 0 radical (unpaired) electrons. The number of alkyl carbamates (subject to hydrolysis) is 1. The van der Waals surface area contributed by atoms with Gasteiger partial charge in [-0.15, -0.1) is 0 Å². The Morgan fingerprint density at radius 3 is 2.59 bits per heavy atom. The fourth-order valence-electron chi connectivity index (χ4n) is 1.60. The van der Waals surface area contributed by atoms with Crippen molar-refractivity contribution in [3.63, 3.8) is 0 Å². The van der Waals surface area contributed by atoms with Crippen molar-refractivity contribution in [3.8, 4) is 0 Å². The molecule has 7 nitrogen and oxygen atoms in total. The number of nitrogens with one attached hydrogen (secondary N) is 1. The zero-order valence-corrected chi connectivity index (χ0v) is 8.70. The first-order chi connectivity index (χ1) is 8.08. The highest BCUT2D eigenvalue weighted by Crippen LogP contribution is 2.22. The molecular weight excluding hydrogens is 228 g/mol. The lowest BCUT2D eigenvalue weighted by atomic mass is 10.0. The number of nitro groups is 1. The number of cyclic esters (lactones) is 1. The number of aliphatic hydroxyl groups is 1. The zero-order valence-electron chi connectivity index (χ0n) is 8.70. The smallest absolute Gasteiger partial charge is 0.407 e. The number of hydrogen-bond donors (Lipinski definition) is 2. The standard InChI is InChI=1S/C10H10N2O5/c13-9(8-5-17-10(14)11-8)6-1-3-7(4-2-6)12(15)16/h1-4,8-9,13H,5H2,(H,11,14)/t8-,9+/m1/s1. The molecule has 2 rings (SSSR count). The van der Waals surface area contributed by atoms with Gasteiger partial charge in [-0.25, -0.2) is 4.79 Å². The molecule has 2 N–H and O–H groups in total. The molecule has 7 heteroatoms. The van der Waals surface area contributed by atoms with Crippen molar-refractivity contribution < 1.29 is 19.6 Å². The number of rotatable bonds is 3. The van der Waals surface area contributed by atoms with E-state index in [2.05, 4.69) is 10.1 Å². The number of carbonyl (C=O) groups is 1. The van der Waals surface area contributed by atoms with Crippen LogP contribution in [0, 0.1) is 10.1 Å². The third-order valence-electron chi connectivity index (χ3n) is 2.52. The molecule has 1 aromatic carbocycles. The van der Waals surface area contributed by atoms with Crippen molar-refractivity contribution in [2.75, 3.05) is 6.61 Å². The van der Waals surface area contributed by atoms with E-state index < -0.39 is 23.2 Å². The Balaban J connectivity index is 2.11. The average molecular weight is 238 g/mol. The minimum atomic E-state index is -0.942. The molecule has 0 spiro atoms. The molecule has 2 atom stereocenters. The van der Waals surface area contributed by atoms with Crippen LogP contribution >= 0.6 is 0 Å². The summed E-state index contributed by atoms with van der Waals surface area (Å²) in [5, 5.41) is 22.8. The zero-order chi connectivity index (χ0) is 12.4. The van der Waals surface area contributed by atoms with Crippen LogP contribution < -0.4 is 5.32 Å². The summed E-state index contributed by atoms with van der Waals surface area (Å²) in [6.07, 6.45) is -1.52. The number of carbonyl (C=O) groups excluding carboxylic acids is 1. The van der Waals surface area contributed by atoms with Crippen molar-refractivity contribution in [2.24, 2.45) is 0 Å². The third kappa shape index (κ3) is 2.34. The highest BCUT2D eigenvalue weighted by Gasteiger charge is 2.30. The highest BCUT2D eigenvalue weighted by atomic mass is 16.6. The number of aliphatic hydroxyl groups excluding tert-OH is 1. The van der Waals surface area contributed by atoms with Crippen LogP contribution in [0.15, 0.2) is 24.3 Å². The monoisotopic (exact) mass is 238 g/mol. The van der Waals surface area contributed by atoms with Gasteiger partial charge in [0.05, 0.1) is 11.0 Å². The van der Waals surface area contributed by atoms with E-state index >= 15 is 0 Å². The summed E-state index contributed by atoms with van der Waals surface area (Å²) >= 11 is 0. The van der Waals surface area contributed by atoms with Crippen LogP contribution in [0.3, 0.4) is 0 Å². The maximum atomic E-state index is 10.8. The molecule has 0 aromatic heterocycles. The van der Waals surface area contributed by atoms with Crippen molar-refractivity contribution >= 4 is 11.8 Å². The number of nitro benzene ring substituents is 1. The van der Waals surface area contributed by atoms with E-state index in [1.165, 1.54) is 24.3 Å². The summed E-state index contributed by atoms with van der Waals surface area (Å²) in [6.45, 7) is 0.0803. The molecule has 0 unspecified atom stereocenters. The lowest BCUT2D eigenvalue weighted by Crippen LogP contribution is -2.32. The van der Waals surface area contributed by atoms with Gasteiger partial charge in [-0.2, -0.15) is 0 Å². The average Bonchev–Trinajstić information content (AvgIpc) is 2.75. The Hall–Kier alpha value is -2.15. The number of benzene rings is 1. The molecule has 0 saturated carbocycles. The maximum absolute atomic E-state index is 10.8. The van der Waals surface area contributed by atoms with E-state index in [1.54, 1.807) is 0 Å². The van der Waals surface area contributed by atoms with Crippen LogP contribution in [0.4, 0.5) is 10.5 Å². The predicted octanol–water partition coefficient (Wildman–Crippen LogP) is 0.737. The van der Waals surface area contributed by atoms with Crippen LogP contribution in [-0.2, 0) is 4.74 Å². The SMILES string of the molecule is O=C1N[C@@H]([C@@H](O)c2ccc([N+](=O)[O-])cc2)CO1. The molecule has 0 aliphatic carbocycles. The van der Waals surface area contributed by atoms with Gasteiger partial charge in [0, 0.05) is 12.1 Å². The molecule has 0 bridgehead atoms. The van der Waals surface area contributed by atoms with Gasteiger partial charge < -0.3 is 15.2 Å². The summed E-state index contributed by atoms with van der Waals surface area (Å²) in [5.74, 6) is 0. The first kappa shape index (κ1) is 11.3. The lowest BCUT2D eigenvalue weighted by molar-refractivity contribution is -0.384. The largest absolute Gasteiger partial charge is 0.447 e. The number of nitrogens with zero attached hydrogens (tertiary/aromatic N) is 1. The fraction of sp³-hybridized carbons (Fsp3) is 0.300. The Morgan fingerprint density at radius 1 is 1.47 bits per heavy atom. The molecule has 1 amide bonds. The Labute approximate surface area is 96.2 Å². The molecule has 1 saturated heterocycles. The first-order valence-electron chi connectivity index (χ1n) is 4.93. The fourth-order valence-corrected chi connectivity index (χ4v) is 1.60. The summed E-state index contributed by atoms with van der Waals surface area (Å²) in [7, 11) is 0. The number of non-ortho nitro benzene ring substituents is 1. The van der Waals surface area contributed by atoms with Gasteiger partial charge in [0.2, 0.25) is 0 Å². The van der Waals surface area contributed by atoms with E-state index in [0.29, 0.717) is 5.56 Å². The third-order valence-corrected chi connectivity index (χ3v) is 2.52. The summed E-state index contributed by atoms with van der Waals surface area (Å²) in [4.78, 5) is 20.7. The second-order valence-electron chi connectivity index (χ2n) is 3.64. The molecule has 90 valence electrons. The molecule has 1 heterocycles. The minimum absolute atomic E-state index is 0.0485. The molecular formula is C10H10N2O5. The summed E-state index contributed by atoms with van der Waals surface area (Å²) in [5.41, 5.74) is 0.444. The van der Waals surface area contributed by atoms with Gasteiger partial charge in [0.1, 0.15) is 12.7 Å². The molecule has 1 aromatic rings. The van der Waals surface area contributed by atoms with E-state index in [9.17, 15) is 20.0 Å². The Kier molecular flexibility index (Phi) is 2.92. The lowest BCUT2D eigenvalue weighted by Gasteiger charge is -2.15. The quantitative estimate of drug-likeness (QED) is 0.597. The number of amides is 1. The van der Waals surface area contributed by atoms with Crippen molar-refractivity contribution in [1.29, 1.82) is 0 Å². The van der Waals surface area contributed by atoms with E-state index in [4.69, 9.17) is 0 Å². The second kappa shape index (κ2) is 4.38. The topological polar surface area (TPSA) is 102 Å². The number of ether oxygens (including phenoxy) is 1. The Morgan fingerprint density at radius 2 is 2.12 bits per heavy atom. The van der Waals surface area contributed by atoms with Crippen LogP contribution in [0.25, 0.3) is 0 Å². The van der Waals surface area contributed by atoms with E-state index in [0.717, 1.165) is 0 Å². The number of hydrogen-bond acceptors (Lipinski definition) is 5. The second-order valence-corrected chi connectivity index (χ2v) is 3.64. The molecule has 1 aliphatic heterocycles. The van der Waals surface area contributed by atoms with Crippen LogP contribution in [0.2, 0.25) is 0 Å². The van der Waals surface area contributed by atoms with Crippen molar-refractivity contribution in [3.05, 3.63) is 39.9 Å². The van der Waals surface area contributed by atoms with Crippen LogP contribution in [0.5, 0.6) is 0 Å². The highest BCUT2D eigenvalue weighted by molar-refractivity contribution is 5.69. The summed E-state index contributed by atoms with van der Waals surface area (Å²) in [6, 6.07) is 4.98. The Bertz CT molecular complexity index is 445. The molecule has 1 fully saturated rings. The van der Waals surface area contributed by atoms with Gasteiger partial charge >= 0.3 is 6.09 Å². The van der Waals surface area contributed by atoms with Gasteiger partial charge in [0.15, 0.2) is 0 Å². The van der Waals surface area contributed by atoms with Gasteiger partial charge in [-0.1, -0.05) is 0 Å². The van der Waals surface area contributed by atoms with E-state index in [1.807, 2.05) is 0 Å². The van der Waals surface area contributed by atoms with Crippen LogP contribution in [-0.4, -0.2) is 28.8 Å². The van der Waals surface area contributed by atoms with Gasteiger partial charge in [-0.3, -0.25) is 10.1 Å². The van der Waals surface area contributed by atoms with Gasteiger partial charge in [-0.05, 0) is 17.7 Å². The predicted molar refractivity (Wildman–Crippen MR) is 56.3 cm³/mol. The minimum Gasteiger partial charge on any atom is -0.447 e. The molecule has 17 heavy (non-hydrogen) atoms. The summed E-state index contributed by atoms with van der Waals surface area (Å²) < 4.78 is 4.65.